The van der Waals surface area contributed by atoms with Crippen molar-refractivity contribution in [3.05, 3.63) is 24.5 Å². The summed E-state index contributed by atoms with van der Waals surface area (Å²) in [6.07, 6.45) is 11.6. The van der Waals surface area contributed by atoms with Gasteiger partial charge in [0, 0.05) is 45.1 Å². The smallest absolute Gasteiger partial charge is 0.288 e. The van der Waals surface area contributed by atoms with Gasteiger partial charge in [0.15, 0.2) is 0 Å². The van der Waals surface area contributed by atoms with Gasteiger partial charge in [0.2, 0.25) is 0 Å². The molecule has 0 N–H and O–H groups in total. The Morgan fingerprint density at radius 1 is 0.773 bits per heavy atom. The number of nitrogens with zero attached hydrogens (tertiary/aromatic N) is 4. The summed E-state index contributed by atoms with van der Waals surface area (Å²) in [6, 6.07) is 4.15. The SMILES string of the molecule is O=P(N1CCCC1)(N1CCCC1)N1CCCC1n1cccc1. The number of hydrogen-bond donors (Lipinski definition) is 0. The summed E-state index contributed by atoms with van der Waals surface area (Å²) in [7, 11) is -2.58. The molecule has 0 saturated carbocycles. The Bertz CT molecular complexity index is 514. The van der Waals surface area contributed by atoms with Crippen molar-refractivity contribution in [3.8, 4) is 0 Å². The van der Waals surface area contributed by atoms with Gasteiger partial charge in [-0.2, -0.15) is 0 Å². The van der Waals surface area contributed by atoms with E-state index in [2.05, 4.69) is 43.1 Å². The van der Waals surface area contributed by atoms with E-state index >= 15 is 0 Å². The normalized spacial score (nSPS) is 28.8. The Kier molecular flexibility index (Phi) is 4.16. The Balaban J connectivity index is 1.68. The van der Waals surface area contributed by atoms with Gasteiger partial charge in [-0.15, -0.1) is 0 Å². The molecule has 22 heavy (non-hydrogen) atoms. The van der Waals surface area contributed by atoms with E-state index in [-0.39, 0.29) is 6.17 Å². The van der Waals surface area contributed by atoms with Crippen molar-refractivity contribution in [1.82, 2.24) is 18.6 Å². The Morgan fingerprint density at radius 3 is 1.86 bits per heavy atom. The Morgan fingerprint density at radius 2 is 1.32 bits per heavy atom. The third-order valence-corrected chi connectivity index (χ3v) is 8.81. The fourth-order valence-electron chi connectivity index (χ4n) is 4.31. The number of aromatic nitrogens is 1. The van der Waals surface area contributed by atoms with Gasteiger partial charge in [0.05, 0.1) is 6.17 Å². The van der Waals surface area contributed by atoms with E-state index in [0.29, 0.717) is 0 Å². The second-order valence-electron chi connectivity index (χ2n) is 6.75. The summed E-state index contributed by atoms with van der Waals surface area (Å²) in [6.45, 7) is 4.98. The molecule has 0 amide bonds. The molecule has 5 nitrogen and oxygen atoms in total. The summed E-state index contributed by atoms with van der Waals surface area (Å²) >= 11 is 0. The first kappa shape index (κ1) is 14.9. The average Bonchev–Trinajstić information content (AvgIpc) is 3.37. The highest BCUT2D eigenvalue weighted by molar-refractivity contribution is 7.56. The van der Waals surface area contributed by atoms with Gasteiger partial charge < -0.3 is 4.57 Å². The molecule has 4 heterocycles. The van der Waals surface area contributed by atoms with Crippen LogP contribution in [0.25, 0.3) is 0 Å². The summed E-state index contributed by atoms with van der Waals surface area (Å²) in [5.74, 6) is 0. The van der Waals surface area contributed by atoms with Crippen molar-refractivity contribution in [2.75, 3.05) is 32.7 Å². The van der Waals surface area contributed by atoms with Crippen LogP contribution < -0.4 is 0 Å². The molecule has 1 aromatic heterocycles. The molecule has 0 aromatic carbocycles. The monoisotopic (exact) mass is 322 g/mol. The minimum Gasteiger partial charge on any atom is -0.338 e. The molecule has 0 radical (unpaired) electrons. The van der Waals surface area contributed by atoms with Crippen LogP contribution in [0.3, 0.4) is 0 Å². The first-order chi connectivity index (χ1) is 10.8. The highest BCUT2D eigenvalue weighted by Gasteiger charge is 2.49. The summed E-state index contributed by atoms with van der Waals surface area (Å²) in [4.78, 5) is 0. The zero-order chi connectivity index (χ0) is 15.0. The van der Waals surface area contributed by atoms with Gasteiger partial charge in [-0.25, -0.2) is 14.0 Å². The van der Waals surface area contributed by atoms with Crippen LogP contribution in [0.15, 0.2) is 24.5 Å². The fourth-order valence-corrected chi connectivity index (χ4v) is 7.91. The predicted octanol–water partition coefficient (Wildman–Crippen LogP) is 3.38. The van der Waals surface area contributed by atoms with E-state index in [9.17, 15) is 4.57 Å². The lowest BCUT2D eigenvalue weighted by atomic mass is 10.3. The van der Waals surface area contributed by atoms with Crippen molar-refractivity contribution in [1.29, 1.82) is 0 Å². The molecular formula is C16H27N4OP. The Hall–Kier alpha value is -0.610. The van der Waals surface area contributed by atoms with E-state index in [1.165, 1.54) is 25.7 Å². The molecule has 4 rings (SSSR count). The van der Waals surface area contributed by atoms with Gasteiger partial charge in [0.1, 0.15) is 0 Å². The van der Waals surface area contributed by atoms with Crippen molar-refractivity contribution < 1.29 is 4.57 Å². The molecule has 1 aromatic rings. The molecule has 3 fully saturated rings. The van der Waals surface area contributed by atoms with Crippen molar-refractivity contribution in [3.63, 3.8) is 0 Å². The van der Waals surface area contributed by atoms with E-state index in [0.717, 1.165) is 45.6 Å². The average molecular weight is 322 g/mol. The molecule has 6 heteroatoms. The summed E-state index contributed by atoms with van der Waals surface area (Å²) < 4.78 is 23.5. The second-order valence-corrected chi connectivity index (χ2v) is 9.42. The van der Waals surface area contributed by atoms with Crippen LogP contribution in [0.2, 0.25) is 0 Å². The topological polar surface area (TPSA) is 31.7 Å². The molecule has 122 valence electrons. The standard InChI is InChI=1S/C16H27N4OP/c21-22(18-11-3-4-12-18,19-13-5-6-14-19)20-15-7-8-16(20)17-9-1-2-10-17/h1-2,9-10,16H,3-8,11-15H2. The van der Waals surface area contributed by atoms with E-state index in [4.69, 9.17) is 0 Å². The Labute approximate surface area is 133 Å². The molecule has 0 spiro atoms. The molecule has 3 aliphatic heterocycles. The molecule has 0 aliphatic carbocycles. The highest BCUT2D eigenvalue weighted by Crippen LogP contribution is 2.63. The van der Waals surface area contributed by atoms with E-state index in [1.807, 2.05) is 0 Å². The van der Waals surface area contributed by atoms with Crippen LogP contribution >= 0.6 is 7.59 Å². The minimum atomic E-state index is -2.58. The maximum Gasteiger partial charge on any atom is 0.288 e. The van der Waals surface area contributed by atoms with E-state index in [1.54, 1.807) is 0 Å². The van der Waals surface area contributed by atoms with Crippen molar-refractivity contribution >= 4 is 7.59 Å². The van der Waals surface area contributed by atoms with E-state index < -0.39 is 7.59 Å². The third-order valence-electron chi connectivity index (χ3n) is 5.40. The summed E-state index contributed by atoms with van der Waals surface area (Å²) in [5.41, 5.74) is 0. The molecular weight excluding hydrogens is 295 g/mol. The minimum absolute atomic E-state index is 0.266. The lowest BCUT2D eigenvalue weighted by Gasteiger charge is -2.43. The highest BCUT2D eigenvalue weighted by atomic mass is 31.2. The van der Waals surface area contributed by atoms with Crippen LogP contribution in [-0.2, 0) is 4.57 Å². The molecule has 1 atom stereocenters. The van der Waals surface area contributed by atoms with Gasteiger partial charge in [-0.05, 0) is 50.7 Å². The van der Waals surface area contributed by atoms with Crippen molar-refractivity contribution in [2.24, 2.45) is 0 Å². The largest absolute Gasteiger partial charge is 0.338 e. The maximum absolute atomic E-state index is 14.3. The van der Waals surface area contributed by atoms with Crippen LogP contribution in [0, 0.1) is 0 Å². The molecule has 0 bridgehead atoms. The van der Waals surface area contributed by atoms with Gasteiger partial charge in [-0.1, -0.05) is 0 Å². The zero-order valence-electron chi connectivity index (χ0n) is 13.3. The molecule has 3 aliphatic rings. The number of hydrogen-bond acceptors (Lipinski definition) is 1. The lowest BCUT2D eigenvalue weighted by Crippen LogP contribution is -2.39. The quantitative estimate of drug-likeness (QED) is 0.795. The van der Waals surface area contributed by atoms with Gasteiger partial charge >= 0.3 is 0 Å². The number of rotatable bonds is 4. The molecule has 1 unspecified atom stereocenters. The van der Waals surface area contributed by atoms with Crippen LogP contribution in [0.4, 0.5) is 0 Å². The third kappa shape index (κ3) is 2.39. The molecule has 3 saturated heterocycles. The van der Waals surface area contributed by atoms with Crippen LogP contribution in [-0.4, -0.2) is 51.3 Å². The second kappa shape index (κ2) is 6.12. The summed E-state index contributed by atoms with van der Waals surface area (Å²) in [5, 5.41) is 0. The van der Waals surface area contributed by atoms with Crippen molar-refractivity contribution in [2.45, 2.75) is 44.7 Å². The van der Waals surface area contributed by atoms with Gasteiger partial charge in [0.25, 0.3) is 7.59 Å². The maximum atomic E-state index is 14.3. The zero-order valence-corrected chi connectivity index (χ0v) is 14.2. The van der Waals surface area contributed by atoms with Gasteiger partial charge in [-0.3, -0.25) is 4.57 Å². The fraction of sp³-hybridized carbons (Fsp3) is 0.750. The lowest BCUT2D eigenvalue weighted by molar-refractivity contribution is 0.246. The van der Waals surface area contributed by atoms with Crippen LogP contribution in [0.1, 0.15) is 44.7 Å². The predicted molar refractivity (Wildman–Crippen MR) is 88.6 cm³/mol. The first-order valence-electron chi connectivity index (χ1n) is 8.80. The first-order valence-corrected chi connectivity index (χ1v) is 10.4. The van der Waals surface area contributed by atoms with Crippen LogP contribution in [0.5, 0.6) is 0 Å².